The normalized spacial score (nSPS) is 12.0. The van der Waals surface area contributed by atoms with Gasteiger partial charge in [-0.3, -0.25) is 4.79 Å². The smallest absolute Gasteiger partial charge is 0.338 e. The van der Waals surface area contributed by atoms with Crippen molar-refractivity contribution in [2.24, 2.45) is 5.41 Å². The van der Waals surface area contributed by atoms with E-state index in [9.17, 15) is 19.5 Å². The van der Waals surface area contributed by atoms with Crippen LogP contribution >= 0.6 is 0 Å². The Hall–Kier alpha value is -3.45. The summed E-state index contributed by atoms with van der Waals surface area (Å²) in [6, 6.07) is 13.2. The summed E-state index contributed by atoms with van der Waals surface area (Å²) in [4.78, 5) is 36.9. The zero-order valence-electron chi connectivity index (χ0n) is 21.4. The first-order valence-electron chi connectivity index (χ1n) is 12.2. The van der Waals surface area contributed by atoms with E-state index in [1.807, 2.05) is 30.3 Å². The maximum absolute atomic E-state index is 12.8. The van der Waals surface area contributed by atoms with Gasteiger partial charge in [-0.05, 0) is 47.9 Å². The second-order valence-electron chi connectivity index (χ2n) is 9.70. The number of benzene rings is 2. The number of carbonyl (C=O) groups is 3. The van der Waals surface area contributed by atoms with Crippen LogP contribution in [0.3, 0.4) is 0 Å². The summed E-state index contributed by atoms with van der Waals surface area (Å²) in [7, 11) is 0. The molecular weight excluding hydrogens is 458 g/mol. The fourth-order valence-electron chi connectivity index (χ4n) is 3.56. The molecule has 0 fully saturated rings. The first-order chi connectivity index (χ1) is 17.1. The Morgan fingerprint density at radius 1 is 0.944 bits per heavy atom. The summed E-state index contributed by atoms with van der Waals surface area (Å²) in [6.07, 6.45) is 5.27. The zero-order chi connectivity index (χ0) is 26.6. The molecule has 0 heterocycles. The van der Waals surface area contributed by atoms with E-state index in [-0.39, 0.29) is 17.7 Å². The van der Waals surface area contributed by atoms with E-state index in [0.29, 0.717) is 19.6 Å². The summed E-state index contributed by atoms with van der Waals surface area (Å²) in [6.45, 7) is 10.4. The van der Waals surface area contributed by atoms with Gasteiger partial charge in [0.2, 0.25) is 0 Å². The van der Waals surface area contributed by atoms with Crippen molar-refractivity contribution >= 4 is 23.9 Å². The fraction of sp³-hybridized carbons (Fsp3) is 0.414. The van der Waals surface area contributed by atoms with E-state index < -0.39 is 29.3 Å². The van der Waals surface area contributed by atoms with Crippen LogP contribution in [-0.2, 0) is 20.9 Å². The summed E-state index contributed by atoms with van der Waals surface area (Å²) < 4.78 is 11.1. The molecule has 7 nitrogen and oxygen atoms in total. The van der Waals surface area contributed by atoms with Crippen molar-refractivity contribution in [3.8, 4) is 0 Å². The van der Waals surface area contributed by atoms with E-state index in [1.54, 1.807) is 32.9 Å². The molecule has 2 aromatic carbocycles. The van der Waals surface area contributed by atoms with Gasteiger partial charge in [-0.2, -0.15) is 0 Å². The molecule has 194 valence electrons. The highest BCUT2D eigenvalue weighted by Gasteiger charge is 2.33. The van der Waals surface area contributed by atoms with Gasteiger partial charge in [-0.25, -0.2) is 9.59 Å². The summed E-state index contributed by atoms with van der Waals surface area (Å²) in [5.74, 6) is -2.36. The summed E-state index contributed by atoms with van der Waals surface area (Å²) >= 11 is 0. The van der Waals surface area contributed by atoms with E-state index in [4.69, 9.17) is 9.47 Å². The standard InChI is InChI=1S/C29H37NO6/c1-5-21-14-16-22(17-15-21)20-35-18-10-6-7-11-19-36-28(34)24-13-9-8-12-23(24)26(31)30-25(27(32)33)29(2,3)4/h5,8-9,12-17,25H,1,6-7,10-11,18-20H2,2-4H3,(H,30,31)(H,32,33)/t25-/m1/s1. The molecule has 0 spiro atoms. The van der Waals surface area contributed by atoms with Crippen molar-refractivity contribution in [2.45, 2.75) is 59.1 Å². The van der Waals surface area contributed by atoms with Crippen LogP contribution < -0.4 is 5.32 Å². The number of carboxylic acids is 1. The van der Waals surface area contributed by atoms with Gasteiger partial charge in [0.1, 0.15) is 6.04 Å². The van der Waals surface area contributed by atoms with Crippen LogP contribution in [0, 0.1) is 5.41 Å². The van der Waals surface area contributed by atoms with E-state index in [1.165, 1.54) is 12.1 Å². The number of aliphatic carboxylic acids is 1. The van der Waals surface area contributed by atoms with Crippen molar-refractivity contribution < 1.29 is 29.0 Å². The van der Waals surface area contributed by atoms with Crippen LogP contribution in [-0.4, -0.2) is 42.2 Å². The number of carbonyl (C=O) groups excluding carboxylic acids is 2. The van der Waals surface area contributed by atoms with Crippen molar-refractivity contribution in [1.82, 2.24) is 5.32 Å². The van der Waals surface area contributed by atoms with Gasteiger partial charge in [0.25, 0.3) is 5.91 Å². The first-order valence-corrected chi connectivity index (χ1v) is 12.2. The van der Waals surface area contributed by atoms with Crippen molar-refractivity contribution in [3.63, 3.8) is 0 Å². The number of hydrogen-bond acceptors (Lipinski definition) is 5. The van der Waals surface area contributed by atoms with Crippen molar-refractivity contribution in [2.75, 3.05) is 13.2 Å². The molecule has 0 saturated carbocycles. The summed E-state index contributed by atoms with van der Waals surface area (Å²) in [5, 5.41) is 12.0. The number of hydrogen-bond donors (Lipinski definition) is 2. The Balaban J connectivity index is 1.71. The first kappa shape index (κ1) is 28.8. The number of carboxylic acid groups (broad SMARTS) is 1. The van der Waals surface area contributed by atoms with Crippen LogP contribution in [0.15, 0.2) is 55.1 Å². The lowest BCUT2D eigenvalue weighted by Crippen LogP contribution is -2.49. The van der Waals surface area contributed by atoms with Gasteiger partial charge in [0.15, 0.2) is 0 Å². The SMILES string of the molecule is C=Cc1ccc(COCCCCCCOC(=O)c2ccccc2C(=O)N[C@H](C(=O)O)C(C)(C)C)cc1. The second kappa shape index (κ2) is 14.2. The minimum Gasteiger partial charge on any atom is -0.480 e. The Kier molecular flexibility index (Phi) is 11.3. The number of amides is 1. The molecule has 36 heavy (non-hydrogen) atoms. The zero-order valence-corrected chi connectivity index (χ0v) is 21.4. The van der Waals surface area contributed by atoms with Crippen LogP contribution in [0.5, 0.6) is 0 Å². The molecule has 0 saturated heterocycles. The highest BCUT2D eigenvalue weighted by molar-refractivity contribution is 6.06. The lowest BCUT2D eigenvalue weighted by molar-refractivity contribution is -0.142. The van der Waals surface area contributed by atoms with E-state index in [2.05, 4.69) is 11.9 Å². The highest BCUT2D eigenvalue weighted by atomic mass is 16.5. The number of ether oxygens (including phenoxy) is 2. The Labute approximate surface area is 213 Å². The molecule has 1 atom stereocenters. The monoisotopic (exact) mass is 495 g/mol. The highest BCUT2D eigenvalue weighted by Crippen LogP contribution is 2.21. The maximum atomic E-state index is 12.8. The van der Waals surface area contributed by atoms with Crippen LogP contribution in [0.1, 0.15) is 78.3 Å². The Morgan fingerprint density at radius 3 is 2.14 bits per heavy atom. The Bertz CT molecular complexity index is 1020. The molecule has 7 heteroatoms. The predicted molar refractivity (Wildman–Crippen MR) is 140 cm³/mol. The van der Waals surface area contributed by atoms with Crippen molar-refractivity contribution in [3.05, 3.63) is 77.4 Å². The number of nitrogens with one attached hydrogen (secondary N) is 1. The van der Waals surface area contributed by atoms with E-state index >= 15 is 0 Å². The van der Waals surface area contributed by atoms with Crippen LogP contribution in [0.4, 0.5) is 0 Å². The molecule has 0 aliphatic heterocycles. The fourth-order valence-corrected chi connectivity index (χ4v) is 3.56. The summed E-state index contributed by atoms with van der Waals surface area (Å²) in [5.41, 5.74) is 1.72. The quantitative estimate of drug-likeness (QED) is 0.265. The topological polar surface area (TPSA) is 102 Å². The average molecular weight is 496 g/mol. The third-order valence-electron chi connectivity index (χ3n) is 5.68. The average Bonchev–Trinajstić information content (AvgIpc) is 2.85. The van der Waals surface area contributed by atoms with Crippen LogP contribution in [0.25, 0.3) is 6.08 Å². The molecular formula is C29H37NO6. The lowest BCUT2D eigenvalue weighted by Gasteiger charge is -2.28. The molecule has 0 bridgehead atoms. The number of esters is 1. The molecule has 0 aliphatic rings. The Morgan fingerprint density at radius 2 is 1.56 bits per heavy atom. The minimum absolute atomic E-state index is 0.0919. The lowest BCUT2D eigenvalue weighted by atomic mass is 9.86. The van der Waals surface area contributed by atoms with Gasteiger partial charge in [0.05, 0.1) is 24.3 Å². The third-order valence-corrected chi connectivity index (χ3v) is 5.68. The molecule has 0 unspecified atom stereocenters. The van der Waals surface area contributed by atoms with Gasteiger partial charge in [-0.1, -0.05) is 76.2 Å². The van der Waals surface area contributed by atoms with Gasteiger partial charge >= 0.3 is 11.9 Å². The largest absolute Gasteiger partial charge is 0.480 e. The van der Waals surface area contributed by atoms with Crippen molar-refractivity contribution in [1.29, 1.82) is 0 Å². The maximum Gasteiger partial charge on any atom is 0.338 e. The van der Waals surface area contributed by atoms with Gasteiger partial charge < -0.3 is 19.9 Å². The molecule has 1 amide bonds. The number of unbranched alkanes of at least 4 members (excludes halogenated alkanes) is 3. The molecule has 0 aliphatic carbocycles. The van der Waals surface area contributed by atoms with Gasteiger partial charge in [0, 0.05) is 6.61 Å². The van der Waals surface area contributed by atoms with Gasteiger partial charge in [-0.15, -0.1) is 0 Å². The minimum atomic E-state index is -1.14. The molecule has 2 rings (SSSR count). The molecule has 2 N–H and O–H groups in total. The second-order valence-corrected chi connectivity index (χ2v) is 9.70. The predicted octanol–water partition coefficient (Wildman–Crippen LogP) is 5.49. The number of rotatable bonds is 14. The molecule has 0 radical (unpaired) electrons. The molecule has 0 aromatic heterocycles. The van der Waals surface area contributed by atoms with E-state index in [0.717, 1.165) is 30.4 Å². The molecule has 2 aromatic rings. The van der Waals surface area contributed by atoms with Crippen LogP contribution in [0.2, 0.25) is 0 Å². The third kappa shape index (κ3) is 9.30.